The molecule has 1 amide bonds. The summed E-state index contributed by atoms with van der Waals surface area (Å²) in [7, 11) is 1.22. The van der Waals surface area contributed by atoms with Crippen molar-refractivity contribution in [2.75, 3.05) is 20.2 Å². The first-order valence-electron chi connectivity index (χ1n) is 9.36. The van der Waals surface area contributed by atoms with Gasteiger partial charge in [0.25, 0.3) is 5.91 Å². The fraction of sp³-hybridized carbons (Fsp3) is 0.550. The van der Waals surface area contributed by atoms with E-state index in [0.717, 1.165) is 37.3 Å². The van der Waals surface area contributed by atoms with Crippen LogP contribution in [-0.4, -0.2) is 42.6 Å². The maximum atomic E-state index is 13.6. The van der Waals surface area contributed by atoms with Crippen molar-refractivity contribution in [3.05, 3.63) is 28.6 Å². The van der Waals surface area contributed by atoms with E-state index in [9.17, 15) is 18.0 Å². The lowest BCUT2D eigenvalue weighted by molar-refractivity contribution is -0.137. The SMILES string of the molecule is COc1ccc2cc(C(=O)N[C@H]3C4CCN(CC4)C3(C)C)sc2c1C(F)(F)F. The van der Waals surface area contributed by atoms with Crippen molar-refractivity contribution in [3.63, 3.8) is 0 Å². The van der Waals surface area contributed by atoms with Gasteiger partial charge in [-0.25, -0.2) is 0 Å². The third kappa shape index (κ3) is 3.06. The summed E-state index contributed by atoms with van der Waals surface area (Å²) in [6.45, 7) is 6.31. The maximum absolute atomic E-state index is 13.6. The molecule has 0 saturated carbocycles. The number of nitrogens with one attached hydrogen (secondary N) is 1. The fourth-order valence-corrected chi connectivity index (χ4v) is 5.85. The second kappa shape index (κ2) is 6.62. The predicted octanol–water partition coefficient (Wildman–Crippen LogP) is 4.53. The summed E-state index contributed by atoms with van der Waals surface area (Å²) < 4.78 is 45.7. The molecule has 28 heavy (non-hydrogen) atoms. The van der Waals surface area contributed by atoms with E-state index in [1.54, 1.807) is 12.1 Å². The van der Waals surface area contributed by atoms with Crippen LogP contribution in [0.25, 0.3) is 10.1 Å². The quantitative estimate of drug-likeness (QED) is 0.805. The molecule has 5 rings (SSSR count). The zero-order valence-corrected chi connectivity index (χ0v) is 16.8. The van der Waals surface area contributed by atoms with Gasteiger partial charge in [-0.3, -0.25) is 9.69 Å². The highest BCUT2D eigenvalue weighted by Gasteiger charge is 2.48. The predicted molar refractivity (Wildman–Crippen MR) is 103 cm³/mol. The van der Waals surface area contributed by atoms with Crippen molar-refractivity contribution >= 4 is 27.3 Å². The van der Waals surface area contributed by atoms with E-state index in [1.807, 2.05) is 0 Å². The topological polar surface area (TPSA) is 41.6 Å². The van der Waals surface area contributed by atoms with Crippen LogP contribution in [0.15, 0.2) is 18.2 Å². The Bertz CT molecular complexity index is 914. The Morgan fingerprint density at radius 1 is 1.29 bits per heavy atom. The Hall–Kier alpha value is -1.80. The highest BCUT2D eigenvalue weighted by molar-refractivity contribution is 7.21. The van der Waals surface area contributed by atoms with Crippen LogP contribution >= 0.6 is 11.3 Å². The average molecular weight is 412 g/mol. The normalized spacial score (nSPS) is 26.4. The van der Waals surface area contributed by atoms with Crippen molar-refractivity contribution in [2.45, 2.75) is 44.4 Å². The summed E-state index contributed by atoms with van der Waals surface area (Å²) in [5, 5.41) is 3.52. The summed E-state index contributed by atoms with van der Waals surface area (Å²) in [6.07, 6.45) is -2.48. The first-order valence-corrected chi connectivity index (χ1v) is 10.2. The van der Waals surface area contributed by atoms with Crippen LogP contribution in [0.4, 0.5) is 13.2 Å². The van der Waals surface area contributed by atoms with Crippen LogP contribution in [-0.2, 0) is 6.18 Å². The van der Waals surface area contributed by atoms with Gasteiger partial charge in [0.05, 0.1) is 16.7 Å². The average Bonchev–Trinajstić information content (AvgIpc) is 3.07. The van der Waals surface area contributed by atoms with Gasteiger partial charge >= 0.3 is 6.18 Å². The number of alkyl halides is 3. The Morgan fingerprint density at radius 2 is 1.96 bits per heavy atom. The lowest BCUT2D eigenvalue weighted by atomic mass is 9.72. The molecule has 4 heterocycles. The summed E-state index contributed by atoms with van der Waals surface area (Å²) in [6, 6.07) is 4.40. The number of benzene rings is 1. The Morgan fingerprint density at radius 3 is 2.54 bits per heavy atom. The zero-order chi connectivity index (χ0) is 20.3. The fourth-order valence-electron chi connectivity index (χ4n) is 4.72. The smallest absolute Gasteiger partial charge is 0.421 e. The Balaban J connectivity index is 1.67. The van der Waals surface area contributed by atoms with Gasteiger partial charge in [-0.1, -0.05) is 0 Å². The van der Waals surface area contributed by atoms with Gasteiger partial charge in [-0.15, -0.1) is 11.3 Å². The van der Waals surface area contributed by atoms with E-state index >= 15 is 0 Å². The molecule has 2 bridgehead atoms. The molecular weight excluding hydrogens is 389 g/mol. The molecule has 0 unspecified atom stereocenters. The van der Waals surface area contributed by atoms with Gasteiger partial charge in [-0.05, 0) is 69.3 Å². The number of methoxy groups -OCH3 is 1. The lowest BCUT2D eigenvalue weighted by Gasteiger charge is -2.56. The number of ether oxygens (including phenoxy) is 1. The number of piperidine rings is 3. The summed E-state index contributed by atoms with van der Waals surface area (Å²) in [5.74, 6) is -0.128. The number of thiophene rings is 1. The number of hydrogen-bond acceptors (Lipinski definition) is 4. The number of fused-ring (bicyclic) bond motifs is 4. The van der Waals surface area contributed by atoms with Gasteiger partial charge in [0.2, 0.25) is 0 Å². The monoisotopic (exact) mass is 412 g/mol. The molecule has 3 saturated heterocycles. The van der Waals surface area contributed by atoms with Crippen molar-refractivity contribution < 1.29 is 22.7 Å². The molecular formula is C20H23F3N2O2S. The number of halogens is 3. The van der Waals surface area contributed by atoms with E-state index in [2.05, 4.69) is 24.1 Å². The number of rotatable bonds is 3. The standard InChI is InChI=1S/C20H23F3N2O2S/c1-19(2)17(11-6-8-25(19)9-7-11)24-18(26)14-10-12-4-5-13(27-3)15(16(12)28-14)20(21,22)23/h4-5,10-11,17H,6-9H2,1-3H3,(H,24,26)/t17-/m0/s1. The molecule has 152 valence electrons. The van der Waals surface area contributed by atoms with Gasteiger partial charge in [0.1, 0.15) is 11.3 Å². The molecule has 0 radical (unpaired) electrons. The molecule has 1 aromatic carbocycles. The maximum Gasteiger partial charge on any atom is 0.421 e. The van der Waals surface area contributed by atoms with Crippen molar-refractivity contribution in [3.8, 4) is 5.75 Å². The first-order chi connectivity index (χ1) is 13.1. The second-order valence-corrected chi connectivity index (χ2v) is 9.15. The van der Waals surface area contributed by atoms with Crippen LogP contribution in [0, 0.1) is 5.92 Å². The van der Waals surface area contributed by atoms with E-state index in [1.165, 1.54) is 13.2 Å². The minimum absolute atomic E-state index is 0.00988. The third-order valence-electron chi connectivity index (χ3n) is 6.25. The third-order valence-corrected chi connectivity index (χ3v) is 7.42. The Labute approximate surface area is 165 Å². The van der Waals surface area contributed by atoms with E-state index < -0.39 is 11.7 Å². The minimum atomic E-state index is -4.55. The van der Waals surface area contributed by atoms with Crippen molar-refractivity contribution in [2.24, 2.45) is 5.92 Å². The highest BCUT2D eigenvalue weighted by Crippen LogP contribution is 2.44. The van der Waals surface area contributed by atoms with E-state index in [4.69, 9.17) is 4.74 Å². The van der Waals surface area contributed by atoms with Gasteiger partial charge in [-0.2, -0.15) is 13.2 Å². The van der Waals surface area contributed by atoms with Crippen LogP contribution in [0.5, 0.6) is 5.75 Å². The van der Waals surface area contributed by atoms with Gasteiger partial charge < -0.3 is 10.1 Å². The molecule has 3 aliphatic rings. The van der Waals surface area contributed by atoms with Crippen LogP contribution in [0.1, 0.15) is 41.9 Å². The lowest BCUT2D eigenvalue weighted by Crippen LogP contribution is -2.69. The number of carbonyl (C=O) groups excluding carboxylic acids is 1. The van der Waals surface area contributed by atoms with Crippen LogP contribution in [0.3, 0.4) is 0 Å². The van der Waals surface area contributed by atoms with Crippen molar-refractivity contribution in [1.29, 1.82) is 0 Å². The summed E-state index contributed by atoms with van der Waals surface area (Å²) in [4.78, 5) is 15.6. The molecule has 0 aliphatic carbocycles. The molecule has 8 heteroatoms. The number of amides is 1. The highest BCUT2D eigenvalue weighted by atomic mass is 32.1. The summed E-state index contributed by atoms with van der Waals surface area (Å²) >= 11 is 0.872. The molecule has 3 fully saturated rings. The minimum Gasteiger partial charge on any atom is -0.496 e. The summed E-state index contributed by atoms with van der Waals surface area (Å²) in [5.41, 5.74) is -0.979. The van der Waals surface area contributed by atoms with Gasteiger partial charge in [0.15, 0.2) is 0 Å². The van der Waals surface area contributed by atoms with E-state index in [0.29, 0.717) is 16.2 Å². The number of hydrogen-bond donors (Lipinski definition) is 1. The van der Waals surface area contributed by atoms with Gasteiger partial charge in [0, 0.05) is 11.6 Å². The molecule has 4 nitrogen and oxygen atoms in total. The molecule has 0 spiro atoms. The Kier molecular flexibility index (Phi) is 4.62. The second-order valence-electron chi connectivity index (χ2n) is 8.10. The largest absolute Gasteiger partial charge is 0.496 e. The van der Waals surface area contributed by atoms with Crippen molar-refractivity contribution in [1.82, 2.24) is 10.2 Å². The van der Waals surface area contributed by atoms with E-state index in [-0.39, 0.29) is 27.9 Å². The molecule has 1 N–H and O–H groups in total. The molecule has 1 atom stereocenters. The molecule has 3 aliphatic heterocycles. The van der Waals surface area contributed by atoms with Crippen LogP contribution in [0.2, 0.25) is 0 Å². The molecule has 1 aromatic heterocycles. The number of nitrogens with zero attached hydrogens (tertiary/aromatic N) is 1. The zero-order valence-electron chi connectivity index (χ0n) is 16.0. The number of carbonyl (C=O) groups is 1. The van der Waals surface area contributed by atoms with Crippen LogP contribution < -0.4 is 10.1 Å². The first kappa shape index (κ1) is 19.5. The molecule has 2 aromatic rings.